The molecule has 1 aromatic rings. The fraction of sp³-hybridized carbons (Fsp3) is 0.533. The zero-order chi connectivity index (χ0) is 13.7. The highest BCUT2D eigenvalue weighted by Gasteiger charge is 2.34. The van der Waals surface area contributed by atoms with Crippen LogP contribution in [0.4, 0.5) is 5.69 Å². The SMILES string of the molecule is CCOc1ccc(NC(=O)C2(C)CCNCC2)cc1. The molecule has 104 valence electrons. The van der Waals surface area contributed by atoms with Gasteiger partial charge in [-0.15, -0.1) is 0 Å². The number of benzene rings is 1. The van der Waals surface area contributed by atoms with Crippen molar-refractivity contribution in [1.82, 2.24) is 5.32 Å². The lowest BCUT2D eigenvalue weighted by Gasteiger charge is -2.32. The molecular weight excluding hydrogens is 240 g/mol. The third-order valence-electron chi connectivity index (χ3n) is 3.68. The van der Waals surface area contributed by atoms with Crippen molar-refractivity contribution < 1.29 is 9.53 Å². The summed E-state index contributed by atoms with van der Waals surface area (Å²) in [4.78, 5) is 12.3. The molecule has 1 amide bonds. The third kappa shape index (κ3) is 3.47. The maximum atomic E-state index is 12.3. The number of piperidine rings is 1. The van der Waals surface area contributed by atoms with Crippen molar-refractivity contribution in [3.8, 4) is 5.75 Å². The van der Waals surface area contributed by atoms with Gasteiger partial charge in [-0.2, -0.15) is 0 Å². The lowest BCUT2D eigenvalue weighted by molar-refractivity contribution is -0.126. The summed E-state index contributed by atoms with van der Waals surface area (Å²) in [6, 6.07) is 7.52. The molecule has 0 radical (unpaired) electrons. The second-order valence-electron chi connectivity index (χ2n) is 5.22. The van der Waals surface area contributed by atoms with Gasteiger partial charge in [0.25, 0.3) is 0 Å². The van der Waals surface area contributed by atoms with Crippen molar-refractivity contribution in [2.24, 2.45) is 5.41 Å². The van der Waals surface area contributed by atoms with Gasteiger partial charge < -0.3 is 15.4 Å². The Kier molecular flexibility index (Phi) is 4.43. The van der Waals surface area contributed by atoms with Crippen LogP contribution in [0.25, 0.3) is 0 Å². The number of carbonyl (C=O) groups excluding carboxylic acids is 1. The molecule has 0 aliphatic carbocycles. The standard InChI is InChI=1S/C15H22N2O2/c1-3-19-13-6-4-12(5-7-13)17-14(18)15(2)8-10-16-11-9-15/h4-7,16H,3,8-11H2,1-2H3,(H,17,18). The van der Waals surface area contributed by atoms with E-state index in [1.807, 2.05) is 38.1 Å². The van der Waals surface area contributed by atoms with Crippen LogP contribution in [-0.2, 0) is 4.79 Å². The Morgan fingerprint density at radius 3 is 2.53 bits per heavy atom. The monoisotopic (exact) mass is 262 g/mol. The number of amides is 1. The van der Waals surface area contributed by atoms with Crippen LogP contribution in [0.1, 0.15) is 26.7 Å². The number of hydrogen-bond donors (Lipinski definition) is 2. The number of nitrogens with one attached hydrogen (secondary N) is 2. The number of ether oxygens (including phenoxy) is 1. The van der Waals surface area contributed by atoms with Gasteiger partial charge in [0.1, 0.15) is 5.75 Å². The van der Waals surface area contributed by atoms with Gasteiger partial charge in [0.2, 0.25) is 5.91 Å². The third-order valence-corrected chi connectivity index (χ3v) is 3.68. The Balaban J connectivity index is 1.98. The van der Waals surface area contributed by atoms with Crippen LogP contribution in [0, 0.1) is 5.41 Å². The average Bonchev–Trinajstić information content (AvgIpc) is 2.42. The lowest BCUT2D eigenvalue weighted by atomic mass is 9.80. The van der Waals surface area contributed by atoms with Gasteiger partial charge in [0, 0.05) is 11.1 Å². The molecule has 0 unspecified atom stereocenters. The molecule has 1 heterocycles. The van der Waals surface area contributed by atoms with Crippen molar-refractivity contribution in [3.63, 3.8) is 0 Å². The molecule has 2 N–H and O–H groups in total. The van der Waals surface area contributed by atoms with Gasteiger partial charge in [0.05, 0.1) is 6.61 Å². The minimum atomic E-state index is -0.260. The van der Waals surface area contributed by atoms with Crippen molar-refractivity contribution in [2.75, 3.05) is 25.0 Å². The van der Waals surface area contributed by atoms with E-state index in [1.165, 1.54) is 0 Å². The summed E-state index contributed by atoms with van der Waals surface area (Å²) in [6.07, 6.45) is 1.77. The molecule has 1 aromatic carbocycles. The highest BCUT2D eigenvalue weighted by molar-refractivity contribution is 5.95. The Hall–Kier alpha value is -1.55. The highest BCUT2D eigenvalue weighted by Crippen LogP contribution is 2.29. The molecule has 1 aliphatic rings. The maximum Gasteiger partial charge on any atom is 0.230 e. The number of rotatable bonds is 4. The first-order valence-electron chi connectivity index (χ1n) is 6.89. The van der Waals surface area contributed by atoms with E-state index >= 15 is 0 Å². The average molecular weight is 262 g/mol. The van der Waals surface area contributed by atoms with Gasteiger partial charge in [-0.3, -0.25) is 4.79 Å². The predicted octanol–water partition coefficient (Wildman–Crippen LogP) is 2.41. The van der Waals surface area contributed by atoms with Gasteiger partial charge in [-0.1, -0.05) is 6.92 Å². The molecule has 0 saturated carbocycles. The summed E-state index contributed by atoms with van der Waals surface area (Å²) < 4.78 is 5.38. The minimum absolute atomic E-state index is 0.109. The van der Waals surface area contributed by atoms with E-state index in [0.29, 0.717) is 6.61 Å². The molecule has 1 aliphatic heterocycles. The second kappa shape index (κ2) is 6.06. The molecule has 0 spiro atoms. The first-order chi connectivity index (χ1) is 9.14. The van der Waals surface area contributed by atoms with E-state index in [-0.39, 0.29) is 11.3 Å². The molecule has 0 bridgehead atoms. The van der Waals surface area contributed by atoms with E-state index in [2.05, 4.69) is 10.6 Å². The predicted molar refractivity (Wildman–Crippen MR) is 76.5 cm³/mol. The summed E-state index contributed by atoms with van der Waals surface area (Å²) in [5.74, 6) is 0.937. The zero-order valence-corrected chi connectivity index (χ0v) is 11.7. The molecule has 1 fully saturated rings. The molecule has 1 saturated heterocycles. The molecular formula is C15H22N2O2. The van der Waals surface area contributed by atoms with E-state index in [4.69, 9.17) is 4.74 Å². The minimum Gasteiger partial charge on any atom is -0.494 e. The molecule has 0 atom stereocenters. The number of carbonyl (C=O) groups is 1. The lowest BCUT2D eigenvalue weighted by Crippen LogP contribution is -2.42. The fourth-order valence-corrected chi connectivity index (χ4v) is 2.29. The Morgan fingerprint density at radius 2 is 1.95 bits per heavy atom. The van der Waals surface area contributed by atoms with Crippen molar-refractivity contribution in [3.05, 3.63) is 24.3 Å². The van der Waals surface area contributed by atoms with Crippen molar-refractivity contribution >= 4 is 11.6 Å². The zero-order valence-electron chi connectivity index (χ0n) is 11.7. The Bertz CT molecular complexity index is 422. The van der Waals surface area contributed by atoms with E-state index < -0.39 is 0 Å². The van der Waals surface area contributed by atoms with Crippen molar-refractivity contribution in [2.45, 2.75) is 26.7 Å². The number of anilines is 1. The summed E-state index contributed by atoms with van der Waals surface area (Å²) >= 11 is 0. The van der Waals surface area contributed by atoms with Crippen LogP contribution in [0.3, 0.4) is 0 Å². The molecule has 4 heteroatoms. The Morgan fingerprint density at radius 1 is 1.32 bits per heavy atom. The quantitative estimate of drug-likeness (QED) is 0.876. The van der Waals surface area contributed by atoms with E-state index in [1.54, 1.807) is 0 Å². The number of hydrogen-bond acceptors (Lipinski definition) is 3. The van der Waals surface area contributed by atoms with Crippen LogP contribution in [0.2, 0.25) is 0 Å². The van der Waals surface area contributed by atoms with Gasteiger partial charge in [0.15, 0.2) is 0 Å². The first kappa shape index (κ1) is 13.9. The van der Waals surface area contributed by atoms with Gasteiger partial charge >= 0.3 is 0 Å². The van der Waals surface area contributed by atoms with Crippen LogP contribution in [-0.4, -0.2) is 25.6 Å². The molecule has 4 nitrogen and oxygen atoms in total. The highest BCUT2D eigenvalue weighted by atomic mass is 16.5. The Labute approximate surface area is 114 Å². The molecule has 2 rings (SSSR count). The van der Waals surface area contributed by atoms with Crippen LogP contribution in [0.15, 0.2) is 24.3 Å². The summed E-state index contributed by atoms with van der Waals surface area (Å²) in [7, 11) is 0. The summed E-state index contributed by atoms with van der Waals surface area (Å²) in [6.45, 7) is 6.46. The first-order valence-corrected chi connectivity index (χ1v) is 6.89. The summed E-state index contributed by atoms with van der Waals surface area (Å²) in [5, 5.41) is 6.28. The van der Waals surface area contributed by atoms with Crippen LogP contribution in [0.5, 0.6) is 5.75 Å². The topological polar surface area (TPSA) is 50.4 Å². The second-order valence-corrected chi connectivity index (χ2v) is 5.22. The van der Waals surface area contributed by atoms with Gasteiger partial charge in [-0.25, -0.2) is 0 Å². The van der Waals surface area contributed by atoms with Gasteiger partial charge in [-0.05, 0) is 57.1 Å². The van der Waals surface area contributed by atoms with E-state index in [9.17, 15) is 4.79 Å². The normalized spacial score (nSPS) is 17.8. The van der Waals surface area contributed by atoms with Crippen molar-refractivity contribution in [1.29, 1.82) is 0 Å². The fourth-order valence-electron chi connectivity index (χ4n) is 2.29. The van der Waals surface area contributed by atoms with Crippen LogP contribution < -0.4 is 15.4 Å². The summed E-state index contributed by atoms with van der Waals surface area (Å²) in [5.41, 5.74) is 0.567. The molecule has 19 heavy (non-hydrogen) atoms. The van der Waals surface area contributed by atoms with Crippen LogP contribution >= 0.6 is 0 Å². The smallest absolute Gasteiger partial charge is 0.230 e. The molecule has 0 aromatic heterocycles. The maximum absolute atomic E-state index is 12.3. The largest absolute Gasteiger partial charge is 0.494 e. The van der Waals surface area contributed by atoms with E-state index in [0.717, 1.165) is 37.4 Å².